The van der Waals surface area contributed by atoms with Crippen molar-refractivity contribution in [1.82, 2.24) is 0 Å². The van der Waals surface area contributed by atoms with Gasteiger partial charge in [0.1, 0.15) is 5.75 Å². The summed E-state index contributed by atoms with van der Waals surface area (Å²) in [6, 6.07) is 6.82. The first-order chi connectivity index (χ1) is 11.7. The van der Waals surface area contributed by atoms with Crippen molar-refractivity contribution in [3.05, 3.63) is 29.3 Å². The summed E-state index contributed by atoms with van der Waals surface area (Å²) in [5.41, 5.74) is 2.82. The van der Waals surface area contributed by atoms with Gasteiger partial charge in [-0.05, 0) is 86.3 Å². The van der Waals surface area contributed by atoms with Crippen LogP contribution >= 0.6 is 0 Å². The molecule has 1 aromatic rings. The molecule has 134 valence electrons. The van der Waals surface area contributed by atoms with Gasteiger partial charge >= 0.3 is 0 Å². The molecular weight excluding hydrogens is 292 g/mol. The van der Waals surface area contributed by atoms with Crippen LogP contribution < -0.4 is 4.74 Å². The van der Waals surface area contributed by atoms with E-state index >= 15 is 0 Å². The fourth-order valence-corrected chi connectivity index (χ4v) is 5.44. The van der Waals surface area contributed by atoms with E-state index in [0.717, 1.165) is 29.4 Å². The van der Waals surface area contributed by atoms with E-state index in [2.05, 4.69) is 32.0 Å². The number of hydrogen-bond donors (Lipinski definition) is 0. The van der Waals surface area contributed by atoms with Crippen molar-refractivity contribution in [3.8, 4) is 5.75 Å². The zero-order valence-electron chi connectivity index (χ0n) is 16.0. The van der Waals surface area contributed by atoms with Gasteiger partial charge in [0.05, 0.1) is 7.11 Å². The van der Waals surface area contributed by atoms with Gasteiger partial charge in [-0.1, -0.05) is 44.7 Å². The van der Waals surface area contributed by atoms with Crippen molar-refractivity contribution >= 4 is 0 Å². The van der Waals surface area contributed by atoms with Crippen molar-refractivity contribution in [1.29, 1.82) is 0 Å². The standard InChI is InChI=1S/C23H36O/c1-4-5-18-6-8-19(9-7-18)20-10-12-21(13-11-20)22-14-15-23(24-3)17(2)16-22/h14-16,18-21H,4-13H2,1-3H3. The second kappa shape index (κ2) is 8.41. The largest absolute Gasteiger partial charge is 0.496 e. The maximum Gasteiger partial charge on any atom is 0.121 e. The number of benzene rings is 1. The molecule has 2 aliphatic carbocycles. The maximum absolute atomic E-state index is 5.41. The molecule has 0 aliphatic heterocycles. The molecule has 1 aromatic carbocycles. The Morgan fingerprint density at radius 3 is 2.08 bits per heavy atom. The Morgan fingerprint density at radius 2 is 1.54 bits per heavy atom. The molecule has 0 radical (unpaired) electrons. The summed E-state index contributed by atoms with van der Waals surface area (Å²) in [5.74, 6) is 4.91. The molecule has 0 spiro atoms. The number of ether oxygens (including phenoxy) is 1. The quantitative estimate of drug-likeness (QED) is 0.572. The summed E-state index contributed by atoms with van der Waals surface area (Å²) in [6.07, 6.45) is 14.6. The Hall–Kier alpha value is -0.980. The van der Waals surface area contributed by atoms with Gasteiger partial charge in [-0.3, -0.25) is 0 Å². The molecule has 2 saturated carbocycles. The second-order valence-corrected chi connectivity index (χ2v) is 8.41. The summed E-state index contributed by atoms with van der Waals surface area (Å²) in [6.45, 7) is 4.51. The average Bonchev–Trinajstić information content (AvgIpc) is 2.63. The summed E-state index contributed by atoms with van der Waals surface area (Å²) < 4.78 is 5.41. The molecule has 1 nitrogen and oxygen atoms in total. The summed E-state index contributed by atoms with van der Waals surface area (Å²) in [7, 11) is 1.77. The maximum atomic E-state index is 5.41. The van der Waals surface area contributed by atoms with Crippen LogP contribution in [0.2, 0.25) is 0 Å². The van der Waals surface area contributed by atoms with E-state index in [1.54, 1.807) is 12.7 Å². The highest BCUT2D eigenvalue weighted by molar-refractivity contribution is 5.37. The van der Waals surface area contributed by atoms with Gasteiger partial charge in [-0.2, -0.15) is 0 Å². The third-order valence-electron chi connectivity index (χ3n) is 6.92. The third kappa shape index (κ3) is 4.16. The first kappa shape index (κ1) is 17.8. The summed E-state index contributed by atoms with van der Waals surface area (Å²) in [4.78, 5) is 0. The Kier molecular flexibility index (Phi) is 6.25. The number of hydrogen-bond acceptors (Lipinski definition) is 1. The van der Waals surface area contributed by atoms with Crippen molar-refractivity contribution in [2.24, 2.45) is 17.8 Å². The third-order valence-corrected chi connectivity index (χ3v) is 6.92. The predicted octanol–water partition coefficient (Wildman–Crippen LogP) is 6.88. The van der Waals surface area contributed by atoms with Crippen LogP contribution in [0, 0.1) is 24.7 Å². The van der Waals surface area contributed by atoms with E-state index < -0.39 is 0 Å². The van der Waals surface area contributed by atoms with Gasteiger partial charge in [-0.25, -0.2) is 0 Å². The number of methoxy groups -OCH3 is 1. The van der Waals surface area contributed by atoms with Gasteiger partial charge < -0.3 is 4.74 Å². The van der Waals surface area contributed by atoms with Gasteiger partial charge in [0.15, 0.2) is 0 Å². The summed E-state index contributed by atoms with van der Waals surface area (Å²) in [5, 5.41) is 0. The summed E-state index contributed by atoms with van der Waals surface area (Å²) >= 11 is 0. The van der Waals surface area contributed by atoms with E-state index in [4.69, 9.17) is 4.74 Å². The zero-order chi connectivity index (χ0) is 16.9. The van der Waals surface area contributed by atoms with Crippen molar-refractivity contribution in [2.75, 3.05) is 7.11 Å². The topological polar surface area (TPSA) is 9.23 Å². The fourth-order valence-electron chi connectivity index (χ4n) is 5.44. The van der Waals surface area contributed by atoms with E-state index in [0.29, 0.717) is 0 Å². The molecule has 2 aliphatic rings. The van der Waals surface area contributed by atoms with Crippen molar-refractivity contribution in [3.63, 3.8) is 0 Å². The highest BCUT2D eigenvalue weighted by atomic mass is 16.5. The van der Waals surface area contributed by atoms with Crippen LogP contribution in [-0.2, 0) is 0 Å². The molecule has 0 bridgehead atoms. The van der Waals surface area contributed by atoms with Crippen LogP contribution in [0.1, 0.15) is 88.2 Å². The zero-order valence-corrected chi connectivity index (χ0v) is 16.0. The first-order valence-corrected chi connectivity index (χ1v) is 10.4. The highest BCUT2D eigenvalue weighted by Crippen LogP contribution is 2.44. The molecule has 24 heavy (non-hydrogen) atoms. The molecule has 0 aromatic heterocycles. The molecule has 2 fully saturated rings. The Morgan fingerprint density at radius 1 is 0.917 bits per heavy atom. The Bertz CT molecular complexity index is 505. The van der Waals surface area contributed by atoms with Crippen LogP contribution in [0.5, 0.6) is 5.75 Å². The Labute approximate surface area is 149 Å². The fraction of sp³-hybridized carbons (Fsp3) is 0.739. The first-order valence-electron chi connectivity index (χ1n) is 10.4. The van der Waals surface area contributed by atoms with Gasteiger partial charge in [-0.15, -0.1) is 0 Å². The van der Waals surface area contributed by atoms with Crippen molar-refractivity contribution in [2.45, 2.75) is 84.0 Å². The lowest BCUT2D eigenvalue weighted by molar-refractivity contribution is 0.156. The minimum absolute atomic E-state index is 0.780. The van der Waals surface area contributed by atoms with Gasteiger partial charge in [0.25, 0.3) is 0 Å². The molecule has 0 amide bonds. The van der Waals surface area contributed by atoms with E-state index in [-0.39, 0.29) is 0 Å². The van der Waals surface area contributed by atoms with Gasteiger partial charge in [0.2, 0.25) is 0 Å². The van der Waals surface area contributed by atoms with Crippen molar-refractivity contribution < 1.29 is 4.74 Å². The number of aryl methyl sites for hydroxylation is 1. The molecule has 0 saturated heterocycles. The lowest BCUT2D eigenvalue weighted by atomic mass is 9.68. The average molecular weight is 329 g/mol. The monoisotopic (exact) mass is 328 g/mol. The normalized spacial score (nSPS) is 31.0. The molecule has 3 rings (SSSR count). The molecule has 1 heteroatoms. The lowest BCUT2D eigenvalue weighted by Crippen LogP contribution is -2.25. The van der Waals surface area contributed by atoms with Crippen LogP contribution in [0.3, 0.4) is 0 Å². The SMILES string of the molecule is CCCC1CCC(C2CCC(c3ccc(OC)c(C)c3)CC2)CC1. The highest BCUT2D eigenvalue weighted by Gasteiger charge is 2.31. The predicted molar refractivity (Wildman–Crippen MR) is 103 cm³/mol. The molecular formula is C23H36O. The van der Waals surface area contributed by atoms with Crippen LogP contribution in [-0.4, -0.2) is 7.11 Å². The molecule has 0 N–H and O–H groups in total. The van der Waals surface area contributed by atoms with Gasteiger partial charge in [0, 0.05) is 0 Å². The lowest BCUT2D eigenvalue weighted by Gasteiger charge is -2.38. The Balaban J connectivity index is 1.50. The van der Waals surface area contributed by atoms with E-state index in [1.165, 1.54) is 69.8 Å². The smallest absolute Gasteiger partial charge is 0.121 e. The van der Waals surface area contributed by atoms with Crippen LogP contribution in [0.25, 0.3) is 0 Å². The van der Waals surface area contributed by atoms with Crippen LogP contribution in [0.4, 0.5) is 0 Å². The van der Waals surface area contributed by atoms with E-state index in [1.807, 2.05) is 0 Å². The minimum atomic E-state index is 0.780. The molecule has 0 unspecified atom stereocenters. The second-order valence-electron chi connectivity index (χ2n) is 8.41. The van der Waals surface area contributed by atoms with E-state index in [9.17, 15) is 0 Å². The molecule has 0 heterocycles. The minimum Gasteiger partial charge on any atom is -0.496 e. The van der Waals surface area contributed by atoms with Crippen LogP contribution in [0.15, 0.2) is 18.2 Å². The molecule has 0 atom stereocenters. The number of rotatable bonds is 5.